The first kappa shape index (κ1) is 17.5. The molecule has 0 bridgehead atoms. The molecule has 0 aliphatic carbocycles. The van der Waals surface area contributed by atoms with Crippen molar-refractivity contribution < 1.29 is 19.1 Å². The van der Waals surface area contributed by atoms with Gasteiger partial charge in [0.2, 0.25) is 0 Å². The first-order chi connectivity index (χ1) is 12.5. The Morgan fingerprint density at radius 2 is 1.73 bits per heavy atom. The Kier molecular flexibility index (Phi) is 4.62. The van der Waals surface area contributed by atoms with E-state index >= 15 is 0 Å². The molecule has 1 aliphatic heterocycles. The van der Waals surface area contributed by atoms with Crippen molar-refractivity contribution in [2.24, 2.45) is 5.10 Å². The number of imide groups is 1. The fraction of sp³-hybridized carbons (Fsp3) is 0.211. The molecule has 7 nitrogen and oxygen atoms in total. The number of urea groups is 1. The van der Waals surface area contributed by atoms with Crippen molar-refractivity contribution >= 4 is 18.2 Å². The number of benzene rings is 2. The third kappa shape index (κ3) is 2.99. The lowest BCUT2D eigenvalue weighted by Gasteiger charge is -2.21. The lowest BCUT2D eigenvalue weighted by atomic mass is 9.92. The van der Waals surface area contributed by atoms with Gasteiger partial charge < -0.3 is 14.8 Å². The van der Waals surface area contributed by atoms with E-state index in [1.807, 2.05) is 12.1 Å². The van der Waals surface area contributed by atoms with Crippen LogP contribution in [0.5, 0.6) is 11.5 Å². The molecule has 0 saturated carbocycles. The molecule has 0 radical (unpaired) electrons. The summed E-state index contributed by atoms with van der Waals surface area (Å²) in [6.07, 6.45) is 1.43. The van der Waals surface area contributed by atoms with Crippen LogP contribution in [0.15, 0.2) is 53.6 Å². The maximum atomic E-state index is 12.8. The predicted molar refractivity (Wildman–Crippen MR) is 96.3 cm³/mol. The van der Waals surface area contributed by atoms with E-state index < -0.39 is 17.5 Å². The lowest BCUT2D eigenvalue weighted by molar-refractivity contribution is -0.131. The Balaban J connectivity index is 1.87. The lowest BCUT2D eigenvalue weighted by Crippen LogP contribution is -2.40. The average molecular weight is 353 g/mol. The molecule has 7 heteroatoms. The van der Waals surface area contributed by atoms with E-state index in [1.165, 1.54) is 6.21 Å². The minimum atomic E-state index is -1.19. The fourth-order valence-corrected chi connectivity index (χ4v) is 2.74. The highest BCUT2D eigenvalue weighted by Gasteiger charge is 2.49. The number of para-hydroxylation sites is 1. The number of methoxy groups -OCH3 is 2. The van der Waals surface area contributed by atoms with Gasteiger partial charge in [-0.2, -0.15) is 5.10 Å². The van der Waals surface area contributed by atoms with Crippen molar-refractivity contribution in [1.82, 2.24) is 10.3 Å². The van der Waals surface area contributed by atoms with Gasteiger partial charge in [-0.15, -0.1) is 5.01 Å². The van der Waals surface area contributed by atoms with Gasteiger partial charge in [0.15, 0.2) is 0 Å². The highest BCUT2D eigenvalue weighted by molar-refractivity contribution is 6.07. The largest absolute Gasteiger partial charge is 0.497 e. The second-order valence-electron chi connectivity index (χ2n) is 5.89. The van der Waals surface area contributed by atoms with Crippen LogP contribution in [0.1, 0.15) is 18.1 Å². The number of hydrogen-bond acceptors (Lipinski definition) is 5. The summed E-state index contributed by atoms with van der Waals surface area (Å²) in [5, 5.41) is 7.59. The Morgan fingerprint density at radius 3 is 2.38 bits per heavy atom. The van der Waals surface area contributed by atoms with Crippen LogP contribution in [-0.2, 0) is 10.3 Å². The van der Waals surface area contributed by atoms with Gasteiger partial charge in [-0.25, -0.2) is 4.79 Å². The van der Waals surface area contributed by atoms with Crippen molar-refractivity contribution in [3.05, 3.63) is 59.7 Å². The summed E-state index contributed by atoms with van der Waals surface area (Å²) in [5.74, 6) is 0.806. The Bertz CT molecular complexity index is 863. The molecule has 3 rings (SSSR count). The van der Waals surface area contributed by atoms with E-state index in [0.717, 1.165) is 5.01 Å². The van der Waals surface area contributed by atoms with Crippen LogP contribution in [0.4, 0.5) is 4.79 Å². The van der Waals surface area contributed by atoms with Gasteiger partial charge in [0.1, 0.15) is 17.0 Å². The molecule has 1 N–H and O–H groups in total. The molecule has 1 aliphatic rings. The average Bonchev–Trinajstić information content (AvgIpc) is 2.89. The van der Waals surface area contributed by atoms with Gasteiger partial charge >= 0.3 is 6.03 Å². The van der Waals surface area contributed by atoms with Crippen LogP contribution in [0.3, 0.4) is 0 Å². The molecule has 0 aromatic heterocycles. The molecular formula is C19H19N3O4. The molecule has 1 fully saturated rings. The Labute approximate surface area is 151 Å². The summed E-state index contributed by atoms with van der Waals surface area (Å²) in [4.78, 5) is 25.1. The quantitative estimate of drug-likeness (QED) is 0.662. The van der Waals surface area contributed by atoms with Crippen molar-refractivity contribution in [3.8, 4) is 11.5 Å². The van der Waals surface area contributed by atoms with Crippen molar-refractivity contribution in [3.63, 3.8) is 0 Å². The van der Waals surface area contributed by atoms with Gasteiger partial charge in [0, 0.05) is 5.56 Å². The Morgan fingerprint density at radius 1 is 1.04 bits per heavy atom. The minimum absolute atomic E-state index is 0.459. The highest BCUT2D eigenvalue weighted by Crippen LogP contribution is 2.30. The molecule has 1 atom stereocenters. The number of hydrazone groups is 1. The van der Waals surface area contributed by atoms with E-state index in [1.54, 1.807) is 57.5 Å². The number of nitrogens with zero attached hydrogens (tertiary/aromatic N) is 2. The summed E-state index contributed by atoms with van der Waals surface area (Å²) >= 11 is 0. The number of hydrogen-bond donors (Lipinski definition) is 1. The van der Waals surface area contributed by atoms with Crippen LogP contribution < -0.4 is 14.8 Å². The van der Waals surface area contributed by atoms with Crippen molar-refractivity contribution in [2.45, 2.75) is 12.5 Å². The number of carbonyl (C=O) groups excluding carboxylic acids is 2. The normalized spacial score (nSPS) is 19.7. The molecule has 1 heterocycles. The first-order valence-electron chi connectivity index (χ1n) is 7.98. The summed E-state index contributed by atoms with van der Waals surface area (Å²) in [7, 11) is 3.11. The molecule has 2 aromatic rings. The zero-order valence-corrected chi connectivity index (χ0v) is 14.7. The number of amides is 3. The van der Waals surface area contributed by atoms with E-state index in [4.69, 9.17) is 9.47 Å². The van der Waals surface area contributed by atoms with E-state index in [9.17, 15) is 9.59 Å². The van der Waals surface area contributed by atoms with Crippen LogP contribution in [-0.4, -0.2) is 37.4 Å². The van der Waals surface area contributed by atoms with Gasteiger partial charge in [-0.1, -0.05) is 24.3 Å². The topological polar surface area (TPSA) is 80.2 Å². The standard InChI is InChI=1S/C19H19N3O4/c1-19(14-8-10-15(25-2)11-9-14)17(23)22(18(24)21-19)20-12-13-6-4-5-7-16(13)26-3/h4-12H,1-3H3,(H,21,24)/b20-12-/t19-/m1/s1. The smallest absolute Gasteiger partial charge is 0.346 e. The van der Waals surface area contributed by atoms with Crippen LogP contribution >= 0.6 is 0 Å². The van der Waals surface area contributed by atoms with Gasteiger partial charge in [0.05, 0.1) is 20.4 Å². The number of nitrogens with one attached hydrogen (secondary N) is 1. The van der Waals surface area contributed by atoms with Gasteiger partial charge in [0.25, 0.3) is 5.91 Å². The maximum Gasteiger partial charge on any atom is 0.346 e. The second kappa shape index (κ2) is 6.87. The van der Waals surface area contributed by atoms with E-state index in [-0.39, 0.29) is 0 Å². The molecule has 0 unspecified atom stereocenters. The Hall–Kier alpha value is -3.35. The zero-order valence-electron chi connectivity index (χ0n) is 14.7. The van der Waals surface area contributed by atoms with Crippen LogP contribution in [0.25, 0.3) is 0 Å². The van der Waals surface area contributed by atoms with Crippen LogP contribution in [0, 0.1) is 0 Å². The zero-order chi connectivity index (χ0) is 18.7. The summed E-state index contributed by atoms with van der Waals surface area (Å²) in [6.45, 7) is 1.65. The van der Waals surface area contributed by atoms with Crippen molar-refractivity contribution in [2.75, 3.05) is 14.2 Å². The van der Waals surface area contributed by atoms with E-state index in [0.29, 0.717) is 22.6 Å². The van der Waals surface area contributed by atoms with E-state index in [2.05, 4.69) is 10.4 Å². The maximum absolute atomic E-state index is 12.8. The molecular weight excluding hydrogens is 334 g/mol. The third-order valence-corrected chi connectivity index (χ3v) is 4.29. The molecule has 1 saturated heterocycles. The molecule has 0 spiro atoms. The predicted octanol–water partition coefficient (Wildman–Crippen LogP) is 2.50. The highest BCUT2D eigenvalue weighted by atomic mass is 16.5. The van der Waals surface area contributed by atoms with Crippen molar-refractivity contribution in [1.29, 1.82) is 0 Å². The number of carbonyl (C=O) groups is 2. The minimum Gasteiger partial charge on any atom is -0.497 e. The van der Waals surface area contributed by atoms with Gasteiger partial charge in [-0.05, 0) is 36.8 Å². The molecule has 2 aromatic carbocycles. The summed E-state index contributed by atoms with van der Waals surface area (Å²) in [5.41, 5.74) is 0.113. The number of rotatable bonds is 5. The SMILES string of the molecule is COc1ccc([C@@]2(C)NC(=O)N(/N=C\c3ccccc3OC)C2=O)cc1. The fourth-order valence-electron chi connectivity index (χ4n) is 2.74. The molecule has 26 heavy (non-hydrogen) atoms. The van der Waals surface area contributed by atoms with Gasteiger partial charge in [-0.3, -0.25) is 4.79 Å². The summed E-state index contributed by atoms with van der Waals surface area (Å²) < 4.78 is 10.4. The van der Waals surface area contributed by atoms with Crippen LogP contribution in [0.2, 0.25) is 0 Å². The summed E-state index contributed by atoms with van der Waals surface area (Å²) in [6, 6.07) is 13.6. The first-order valence-corrected chi connectivity index (χ1v) is 7.98. The molecule has 134 valence electrons. The monoisotopic (exact) mass is 353 g/mol. The third-order valence-electron chi connectivity index (χ3n) is 4.29. The number of ether oxygens (including phenoxy) is 2. The second-order valence-corrected chi connectivity index (χ2v) is 5.89. The molecule has 3 amide bonds.